The van der Waals surface area contributed by atoms with Gasteiger partial charge in [-0.1, -0.05) is 11.6 Å². The monoisotopic (exact) mass is 305 g/mol. The summed E-state index contributed by atoms with van der Waals surface area (Å²) in [6, 6.07) is 4.68. The van der Waals surface area contributed by atoms with Gasteiger partial charge < -0.3 is 10.0 Å². The van der Waals surface area contributed by atoms with E-state index < -0.39 is 5.97 Å². The summed E-state index contributed by atoms with van der Waals surface area (Å²) >= 11 is 8.98. The molecular weight excluding hydrogens is 297 g/mol. The number of carbonyl (C=O) groups excluding carboxylic acids is 1. The molecule has 0 fully saturated rings. The zero-order chi connectivity index (χ0) is 12.3. The lowest BCUT2D eigenvalue weighted by molar-refractivity contribution is -0.137. The van der Waals surface area contributed by atoms with E-state index in [-0.39, 0.29) is 12.5 Å². The van der Waals surface area contributed by atoms with E-state index in [4.69, 9.17) is 16.7 Å². The SMILES string of the molecule is CN(CC(=O)O)C(=O)c1ccc(Cl)c(Br)c1. The van der Waals surface area contributed by atoms with Crippen LogP contribution < -0.4 is 0 Å². The van der Waals surface area contributed by atoms with Crippen molar-refractivity contribution >= 4 is 39.4 Å². The first-order chi connectivity index (χ1) is 7.41. The minimum absolute atomic E-state index is 0.334. The summed E-state index contributed by atoms with van der Waals surface area (Å²) in [6.45, 7) is -0.334. The molecule has 0 aliphatic rings. The number of carbonyl (C=O) groups is 2. The molecule has 1 N–H and O–H groups in total. The Hall–Kier alpha value is -1.07. The largest absolute Gasteiger partial charge is 0.480 e. The molecule has 1 aromatic rings. The molecule has 16 heavy (non-hydrogen) atoms. The first-order valence-corrected chi connectivity index (χ1v) is 5.51. The van der Waals surface area contributed by atoms with Gasteiger partial charge in [0.25, 0.3) is 5.91 Å². The van der Waals surface area contributed by atoms with E-state index in [2.05, 4.69) is 15.9 Å². The summed E-state index contributed by atoms with van der Waals surface area (Å²) < 4.78 is 0.601. The third-order valence-electron chi connectivity index (χ3n) is 1.89. The van der Waals surface area contributed by atoms with Crippen molar-refractivity contribution in [3.63, 3.8) is 0 Å². The van der Waals surface area contributed by atoms with Crippen molar-refractivity contribution in [2.45, 2.75) is 0 Å². The van der Waals surface area contributed by atoms with Gasteiger partial charge in [0.15, 0.2) is 0 Å². The molecule has 0 aliphatic heterocycles. The van der Waals surface area contributed by atoms with Crippen LogP contribution in [0.5, 0.6) is 0 Å². The molecule has 0 atom stereocenters. The third-order valence-corrected chi connectivity index (χ3v) is 3.10. The van der Waals surface area contributed by atoms with Crippen LogP contribution in [0.25, 0.3) is 0 Å². The highest BCUT2D eigenvalue weighted by Crippen LogP contribution is 2.23. The van der Waals surface area contributed by atoms with Crippen LogP contribution in [0.15, 0.2) is 22.7 Å². The zero-order valence-electron chi connectivity index (χ0n) is 8.41. The molecule has 0 aliphatic carbocycles. The number of likely N-dealkylation sites (N-methyl/N-ethyl adjacent to an activating group) is 1. The summed E-state index contributed by atoms with van der Waals surface area (Å²) in [4.78, 5) is 23.3. The molecule has 0 bridgehead atoms. The van der Waals surface area contributed by atoms with Gasteiger partial charge in [-0.15, -0.1) is 0 Å². The number of aliphatic carboxylic acids is 1. The van der Waals surface area contributed by atoms with Gasteiger partial charge in [-0.05, 0) is 34.1 Å². The van der Waals surface area contributed by atoms with Crippen molar-refractivity contribution in [1.82, 2.24) is 4.90 Å². The van der Waals surface area contributed by atoms with Crippen molar-refractivity contribution in [3.05, 3.63) is 33.3 Å². The number of rotatable bonds is 3. The lowest BCUT2D eigenvalue weighted by atomic mass is 10.2. The van der Waals surface area contributed by atoms with Crippen LogP contribution in [-0.2, 0) is 4.79 Å². The molecule has 0 radical (unpaired) electrons. The Kier molecular flexibility index (Phi) is 4.32. The van der Waals surface area contributed by atoms with Gasteiger partial charge in [-0.25, -0.2) is 0 Å². The maximum atomic E-state index is 11.7. The Morgan fingerprint density at radius 2 is 2.12 bits per heavy atom. The standard InChI is InChI=1S/C10H9BrClNO3/c1-13(5-9(14)15)10(16)6-2-3-8(12)7(11)4-6/h2-4H,5H2,1H3,(H,14,15). The molecule has 0 unspecified atom stereocenters. The van der Waals surface area contributed by atoms with Gasteiger partial charge in [-0.3, -0.25) is 9.59 Å². The highest BCUT2D eigenvalue weighted by atomic mass is 79.9. The van der Waals surface area contributed by atoms with Crippen molar-refractivity contribution in [2.24, 2.45) is 0 Å². The minimum atomic E-state index is -1.05. The second-order valence-corrected chi connectivity index (χ2v) is 4.45. The Labute approximate surface area is 106 Å². The van der Waals surface area contributed by atoms with E-state index in [1.54, 1.807) is 18.2 Å². The fraction of sp³-hybridized carbons (Fsp3) is 0.200. The molecule has 1 aromatic carbocycles. The molecule has 1 amide bonds. The number of halogens is 2. The van der Waals surface area contributed by atoms with Gasteiger partial charge in [0.05, 0.1) is 5.02 Å². The summed E-state index contributed by atoms with van der Waals surface area (Å²) in [5.74, 6) is -1.41. The molecule has 86 valence electrons. The van der Waals surface area contributed by atoms with E-state index in [0.29, 0.717) is 15.1 Å². The molecule has 0 saturated carbocycles. The highest BCUT2D eigenvalue weighted by Gasteiger charge is 2.14. The van der Waals surface area contributed by atoms with Crippen LogP contribution >= 0.6 is 27.5 Å². The minimum Gasteiger partial charge on any atom is -0.480 e. The van der Waals surface area contributed by atoms with E-state index in [1.807, 2.05) is 0 Å². The Bertz CT molecular complexity index is 436. The summed E-state index contributed by atoms with van der Waals surface area (Å²) in [7, 11) is 1.43. The molecule has 0 spiro atoms. The Morgan fingerprint density at radius 1 is 1.50 bits per heavy atom. The summed E-state index contributed by atoms with van der Waals surface area (Å²) in [5, 5.41) is 9.05. The van der Waals surface area contributed by atoms with Crippen molar-refractivity contribution in [1.29, 1.82) is 0 Å². The van der Waals surface area contributed by atoms with E-state index in [1.165, 1.54) is 7.05 Å². The molecule has 6 heteroatoms. The second-order valence-electron chi connectivity index (χ2n) is 3.18. The van der Waals surface area contributed by atoms with Gasteiger partial charge in [0.1, 0.15) is 6.54 Å². The van der Waals surface area contributed by atoms with Gasteiger partial charge >= 0.3 is 5.97 Å². The fourth-order valence-corrected chi connectivity index (χ4v) is 1.62. The summed E-state index contributed by atoms with van der Waals surface area (Å²) in [5.41, 5.74) is 0.389. The number of hydrogen-bond acceptors (Lipinski definition) is 2. The zero-order valence-corrected chi connectivity index (χ0v) is 10.7. The third kappa shape index (κ3) is 3.21. The number of carboxylic acid groups (broad SMARTS) is 1. The van der Waals surface area contributed by atoms with Crippen molar-refractivity contribution in [2.75, 3.05) is 13.6 Å². The molecule has 1 rings (SSSR count). The topological polar surface area (TPSA) is 57.6 Å². The van der Waals surface area contributed by atoms with Crippen LogP contribution in [0.4, 0.5) is 0 Å². The number of amides is 1. The molecule has 0 aromatic heterocycles. The normalized spacial score (nSPS) is 9.94. The second kappa shape index (κ2) is 5.32. The number of carboxylic acids is 1. The lowest BCUT2D eigenvalue weighted by Gasteiger charge is -2.14. The molecule has 4 nitrogen and oxygen atoms in total. The Balaban J connectivity index is 2.88. The quantitative estimate of drug-likeness (QED) is 0.932. The van der Waals surface area contributed by atoms with Crippen LogP contribution in [0.2, 0.25) is 5.02 Å². The number of hydrogen-bond donors (Lipinski definition) is 1. The Morgan fingerprint density at radius 3 is 2.62 bits per heavy atom. The predicted molar refractivity (Wildman–Crippen MR) is 63.7 cm³/mol. The van der Waals surface area contributed by atoms with Gasteiger partial charge in [0, 0.05) is 17.1 Å². The van der Waals surface area contributed by atoms with Crippen molar-refractivity contribution in [3.8, 4) is 0 Å². The van der Waals surface area contributed by atoms with E-state index in [0.717, 1.165) is 4.90 Å². The average Bonchev–Trinajstić information content (AvgIpc) is 2.20. The van der Waals surface area contributed by atoms with Crippen LogP contribution in [0, 0.1) is 0 Å². The fourth-order valence-electron chi connectivity index (χ4n) is 1.12. The predicted octanol–water partition coefficient (Wildman–Crippen LogP) is 2.26. The molecular formula is C10H9BrClNO3. The number of benzene rings is 1. The van der Waals surface area contributed by atoms with Crippen molar-refractivity contribution < 1.29 is 14.7 Å². The first-order valence-electron chi connectivity index (χ1n) is 4.34. The van der Waals surface area contributed by atoms with E-state index in [9.17, 15) is 9.59 Å². The van der Waals surface area contributed by atoms with Crippen LogP contribution in [0.3, 0.4) is 0 Å². The van der Waals surface area contributed by atoms with E-state index >= 15 is 0 Å². The van der Waals surface area contributed by atoms with Gasteiger partial charge in [-0.2, -0.15) is 0 Å². The maximum Gasteiger partial charge on any atom is 0.323 e. The van der Waals surface area contributed by atoms with Gasteiger partial charge in [0.2, 0.25) is 0 Å². The molecule has 0 heterocycles. The van der Waals surface area contributed by atoms with Crippen LogP contribution in [0.1, 0.15) is 10.4 Å². The summed E-state index contributed by atoms with van der Waals surface area (Å²) in [6.07, 6.45) is 0. The maximum absolute atomic E-state index is 11.7. The number of nitrogens with zero attached hydrogens (tertiary/aromatic N) is 1. The lowest BCUT2D eigenvalue weighted by Crippen LogP contribution is -2.31. The highest BCUT2D eigenvalue weighted by molar-refractivity contribution is 9.10. The first kappa shape index (κ1) is 13.0. The smallest absolute Gasteiger partial charge is 0.323 e. The molecule has 0 saturated heterocycles. The average molecular weight is 307 g/mol. The van der Waals surface area contributed by atoms with Crippen LogP contribution in [-0.4, -0.2) is 35.5 Å².